The number of hydrogen-bond donors (Lipinski definition) is 1. The number of aliphatic carboxylic acids is 1. The Morgan fingerprint density at radius 3 is 2.23 bits per heavy atom. The summed E-state index contributed by atoms with van der Waals surface area (Å²) < 4.78 is 16.7. The van der Waals surface area contributed by atoms with Gasteiger partial charge in [-0.3, -0.25) is 10.1 Å². The van der Waals surface area contributed by atoms with Crippen molar-refractivity contribution in [1.29, 1.82) is 0 Å². The van der Waals surface area contributed by atoms with Crippen LogP contribution in [0.2, 0.25) is 0 Å². The van der Waals surface area contributed by atoms with Gasteiger partial charge in [-0.15, -0.1) is 0 Å². The van der Waals surface area contributed by atoms with Crippen molar-refractivity contribution in [2.75, 3.05) is 7.11 Å². The molecule has 158 valence electrons. The van der Waals surface area contributed by atoms with Gasteiger partial charge in [0.25, 0.3) is 5.69 Å². The standard InChI is InChI=1S/C23H19NO7/c1-15-5-3-8-20(21(14-29-2)23(25)26)22(15)31-19-7-4-6-18(13-19)30-17-11-9-16(10-12-17)24(27)28/h3-14H,1-2H3,(H,25,26)/b21-14+. The van der Waals surface area contributed by atoms with Crippen LogP contribution >= 0.6 is 0 Å². The molecule has 3 aromatic rings. The molecule has 8 nitrogen and oxygen atoms in total. The summed E-state index contributed by atoms with van der Waals surface area (Å²) in [4.78, 5) is 22.0. The molecule has 0 amide bonds. The van der Waals surface area contributed by atoms with Crippen molar-refractivity contribution in [3.63, 3.8) is 0 Å². The molecule has 0 aromatic heterocycles. The van der Waals surface area contributed by atoms with Crippen molar-refractivity contribution in [3.8, 4) is 23.0 Å². The summed E-state index contributed by atoms with van der Waals surface area (Å²) in [5, 5.41) is 20.3. The molecular formula is C23H19NO7. The smallest absolute Gasteiger partial charge is 0.339 e. The summed E-state index contributed by atoms with van der Waals surface area (Å²) in [6.07, 6.45) is 1.15. The molecule has 8 heteroatoms. The van der Waals surface area contributed by atoms with Gasteiger partial charge < -0.3 is 19.3 Å². The number of ether oxygens (including phenoxy) is 3. The quantitative estimate of drug-likeness (QED) is 0.219. The monoisotopic (exact) mass is 421 g/mol. The molecule has 0 saturated heterocycles. The summed E-state index contributed by atoms with van der Waals surface area (Å²) in [6, 6.07) is 17.7. The lowest BCUT2D eigenvalue weighted by Crippen LogP contribution is -2.03. The van der Waals surface area contributed by atoms with Crippen molar-refractivity contribution >= 4 is 17.2 Å². The zero-order valence-electron chi connectivity index (χ0n) is 16.8. The average molecular weight is 421 g/mol. The van der Waals surface area contributed by atoms with Crippen molar-refractivity contribution in [2.45, 2.75) is 6.92 Å². The maximum atomic E-state index is 11.7. The first-order valence-electron chi connectivity index (χ1n) is 9.15. The summed E-state index contributed by atoms with van der Waals surface area (Å²) in [5.74, 6) is 0.535. The minimum absolute atomic E-state index is 0.0325. The zero-order chi connectivity index (χ0) is 22.4. The lowest BCUT2D eigenvalue weighted by molar-refractivity contribution is -0.384. The highest BCUT2D eigenvalue weighted by molar-refractivity contribution is 6.16. The first-order chi connectivity index (χ1) is 14.9. The summed E-state index contributed by atoms with van der Waals surface area (Å²) >= 11 is 0. The number of carboxylic acids is 1. The SMILES string of the molecule is CO/C=C(/C(=O)O)c1cccc(C)c1Oc1cccc(Oc2ccc([N+](=O)[O-])cc2)c1. The molecule has 0 aliphatic heterocycles. The number of methoxy groups -OCH3 is 1. The van der Waals surface area contributed by atoms with Crippen LogP contribution in [-0.2, 0) is 9.53 Å². The zero-order valence-corrected chi connectivity index (χ0v) is 16.8. The lowest BCUT2D eigenvalue weighted by atomic mass is 10.0. The van der Waals surface area contributed by atoms with Crippen LogP contribution in [0, 0.1) is 17.0 Å². The molecule has 0 radical (unpaired) electrons. The fourth-order valence-electron chi connectivity index (χ4n) is 2.84. The molecule has 0 heterocycles. The van der Waals surface area contributed by atoms with E-state index in [1.807, 2.05) is 13.0 Å². The van der Waals surface area contributed by atoms with E-state index in [9.17, 15) is 20.0 Å². The van der Waals surface area contributed by atoms with Crippen molar-refractivity contribution < 1.29 is 29.0 Å². The van der Waals surface area contributed by atoms with E-state index in [0.717, 1.165) is 11.8 Å². The van der Waals surface area contributed by atoms with E-state index in [1.165, 1.54) is 31.4 Å². The molecule has 0 aliphatic rings. The number of nitro groups is 1. The van der Waals surface area contributed by atoms with Gasteiger partial charge in [0.15, 0.2) is 0 Å². The molecule has 0 saturated carbocycles. The van der Waals surface area contributed by atoms with Gasteiger partial charge in [-0.2, -0.15) is 0 Å². The third-order valence-electron chi connectivity index (χ3n) is 4.28. The van der Waals surface area contributed by atoms with Gasteiger partial charge in [0, 0.05) is 23.8 Å². The van der Waals surface area contributed by atoms with Gasteiger partial charge in [-0.05, 0) is 36.8 Å². The Bertz CT molecular complexity index is 1140. The van der Waals surface area contributed by atoms with E-state index in [4.69, 9.17) is 14.2 Å². The van der Waals surface area contributed by atoms with E-state index in [0.29, 0.717) is 28.6 Å². The van der Waals surface area contributed by atoms with Crippen LogP contribution in [0.5, 0.6) is 23.0 Å². The Balaban J connectivity index is 1.88. The van der Waals surface area contributed by atoms with Crippen molar-refractivity contribution in [2.24, 2.45) is 0 Å². The number of benzene rings is 3. The first-order valence-corrected chi connectivity index (χ1v) is 9.15. The fourth-order valence-corrected chi connectivity index (χ4v) is 2.84. The fraction of sp³-hybridized carbons (Fsp3) is 0.0870. The molecular weight excluding hydrogens is 402 g/mol. The summed E-state index contributed by atoms with van der Waals surface area (Å²) in [6.45, 7) is 1.81. The van der Waals surface area contributed by atoms with E-state index in [2.05, 4.69) is 0 Å². The van der Waals surface area contributed by atoms with E-state index >= 15 is 0 Å². The van der Waals surface area contributed by atoms with Gasteiger partial charge >= 0.3 is 5.97 Å². The predicted octanol–water partition coefficient (Wildman–Crippen LogP) is 5.56. The van der Waals surface area contributed by atoms with Gasteiger partial charge in [0.05, 0.1) is 18.3 Å². The molecule has 0 atom stereocenters. The Labute approximate surface area is 178 Å². The number of carboxylic acid groups (broad SMARTS) is 1. The molecule has 31 heavy (non-hydrogen) atoms. The number of hydrogen-bond acceptors (Lipinski definition) is 6. The van der Waals surface area contributed by atoms with Crippen LogP contribution in [0.3, 0.4) is 0 Å². The Hall–Kier alpha value is -4.33. The Morgan fingerprint density at radius 1 is 0.968 bits per heavy atom. The number of non-ortho nitro benzene ring substituents is 1. The van der Waals surface area contributed by atoms with Crippen LogP contribution in [0.1, 0.15) is 11.1 Å². The van der Waals surface area contributed by atoms with Gasteiger partial charge in [0.1, 0.15) is 28.6 Å². The average Bonchev–Trinajstić information content (AvgIpc) is 2.74. The summed E-state index contributed by atoms with van der Waals surface area (Å²) in [7, 11) is 1.37. The van der Waals surface area contributed by atoms with Crippen molar-refractivity contribution in [3.05, 3.63) is 94.2 Å². The molecule has 0 fully saturated rings. The van der Waals surface area contributed by atoms with Gasteiger partial charge in [0.2, 0.25) is 0 Å². The predicted molar refractivity (Wildman–Crippen MR) is 113 cm³/mol. The molecule has 0 unspecified atom stereocenters. The number of nitrogens with zero attached hydrogens (tertiary/aromatic N) is 1. The second kappa shape index (κ2) is 9.45. The largest absolute Gasteiger partial charge is 0.503 e. The Kier molecular flexibility index (Phi) is 6.51. The molecule has 1 N–H and O–H groups in total. The maximum absolute atomic E-state index is 11.7. The molecule has 0 bridgehead atoms. The lowest BCUT2D eigenvalue weighted by Gasteiger charge is -2.15. The first kappa shape index (κ1) is 21.4. The highest BCUT2D eigenvalue weighted by Crippen LogP contribution is 2.35. The second-order valence-electron chi connectivity index (χ2n) is 6.45. The van der Waals surface area contributed by atoms with Crippen LogP contribution in [0.15, 0.2) is 73.0 Å². The molecule has 0 aliphatic carbocycles. The van der Waals surface area contributed by atoms with Crippen LogP contribution in [0.25, 0.3) is 5.57 Å². The topological polar surface area (TPSA) is 108 Å². The number of carbonyl (C=O) groups is 1. The van der Waals surface area contributed by atoms with Crippen molar-refractivity contribution in [1.82, 2.24) is 0 Å². The maximum Gasteiger partial charge on any atom is 0.339 e. The molecule has 3 aromatic carbocycles. The minimum Gasteiger partial charge on any atom is -0.503 e. The Morgan fingerprint density at radius 2 is 1.61 bits per heavy atom. The minimum atomic E-state index is -1.15. The number of nitro benzene ring substituents is 1. The number of para-hydroxylation sites is 1. The van der Waals surface area contributed by atoms with E-state index in [1.54, 1.807) is 36.4 Å². The normalized spacial score (nSPS) is 11.0. The summed E-state index contributed by atoms with van der Waals surface area (Å²) in [5.41, 5.74) is 1.04. The molecule has 3 rings (SSSR count). The van der Waals surface area contributed by atoms with Crippen LogP contribution in [0.4, 0.5) is 5.69 Å². The van der Waals surface area contributed by atoms with E-state index < -0.39 is 10.9 Å². The van der Waals surface area contributed by atoms with Crippen LogP contribution in [-0.4, -0.2) is 23.1 Å². The second-order valence-corrected chi connectivity index (χ2v) is 6.45. The highest BCUT2D eigenvalue weighted by Gasteiger charge is 2.18. The molecule has 0 spiro atoms. The van der Waals surface area contributed by atoms with Gasteiger partial charge in [-0.1, -0.05) is 24.3 Å². The number of aryl methyl sites for hydroxylation is 1. The van der Waals surface area contributed by atoms with Gasteiger partial charge in [-0.25, -0.2) is 4.79 Å². The number of rotatable bonds is 8. The third-order valence-corrected chi connectivity index (χ3v) is 4.28. The van der Waals surface area contributed by atoms with E-state index in [-0.39, 0.29) is 11.3 Å². The highest BCUT2D eigenvalue weighted by atomic mass is 16.6. The van der Waals surface area contributed by atoms with Crippen LogP contribution < -0.4 is 9.47 Å². The third kappa shape index (κ3) is 5.18.